The lowest BCUT2D eigenvalue weighted by molar-refractivity contribution is 0.112. The fraction of sp³-hybridized carbons (Fsp3) is 0.375. The van der Waals surface area contributed by atoms with Crippen LogP contribution in [0.5, 0.6) is 0 Å². The summed E-state index contributed by atoms with van der Waals surface area (Å²) in [5, 5.41) is 3.44. The lowest BCUT2D eigenvalue weighted by Gasteiger charge is -2.14. The van der Waals surface area contributed by atoms with Crippen LogP contribution in [0.15, 0.2) is 40.8 Å². The minimum atomic E-state index is -0.239. The van der Waals surface area contributed by atoms with E-state index in [4.69, 9.17) is 9.15 Å². The Kier molecular flexibility index (Phi) is 3.85. The second-order valence-corrected chi connectivity index (χ2v) is 5.12. The monoisotopic (exact) mass is 275 g/mol. The number of halogens is 1. The molecule has 1 aliphatic heterocycles. The Morgan fingerprint density at radius 1 is 1.20 bits per heavy atom. The fourth-order valence-electron chi connectivity index (χ4n) is 2.47. The molecule has 3 nitrogen and oxygen atoms in total. The highest BCUT2D eigenvalue weighted by molar-refractivity contribution is 5.57. The van der Waals surface area contributed by atoms with E-state index in [0.29, 0.717) is 12.6 Å². The van der Waals surface area contributed by atoms with E-state index in [1.54, 1.807) is 12.1 Å². The molecule has 1 aliphatic rings. The fourth-order valence-corrected chi connectivity index (χ4v) is 2.47. The quantitative estimate of drug-likeness (QED) is 0.929. The van der Waals surface area contributed by atoms with Crippen LogP contribution in [0.4, 0.5) is 4.39 Å². The van der Waals surface area contributed by atoms with Gasteiger partial charge in [0, 0.05) is 18.2 Å². The minimum Gasteiger partial charge on any atom is -0.460 e. The molecule has 3 rings (SSSR count). The molecule has 0 aliphatic carbocycles. The molecule has 4 heteroatoms. The van der Waals surface area contributed by atoms with Gasteiger partial charge in [-0.05, 0) is 49.7 Å². The third-order valence-electron chi connectivity index (χ3n) is 3.71. The van der Waals surface area contributed by atoms with Crippen molar-refractivity contribution >= 4 is 0 Å². The van der Waals surface area contributed by atoms with E-state index in [1.165, 1.54) is 12.1 Å². The Bertz CT molecular complexity index is 564. The molecule has 2 unspecified atom stereocenters. The summed E-state index contributed by atoms with van der Waals surface area (Å²) in [6.45, 7) is 3.58. The normalized spacial score (nSPS) is 22.3. The van der Waals surface area contributed by atoms with Crippen molar-refractivity contribution in [3.63, 3.8) is 0 Å². The molecule has 1 N–H and O–H groups in total. The van der Waals surface area contributed by atoms with Gasteiger partial charge in [0.05, 0.1) is 12.6 Å². The van der Waals surface area contributed by atoms with E-state index >= 15 is 0 Å². The topological polar surface area (TPSA) is 34.4 Å². The standard InChI is InChI=1S/C16H18FNO2/c1-11-15(8-9-19-11)18-10-14-6-7-16(20-14)12-2-4-13(17)5-3-12/h2-7,11,15,18H,8-10H2,1H3. The second kappa shape index (κ2) is 5.77. The van der Waals surface area contributed by atoms with E-state index in [1.807, 2.05) is 12.1 Å². The summed E-state index contributed by atoms with van der Waals surface area (Å²) < 4.78 is 24.2. The average molecular weight is 275 g/mol. The molecule has 0 bridgehead atoms. The number of hydrogen-bond donors (Lipinski definition) is 1. The maximum Gasteiger partial charge on any atom is 0.134 e. The smallest absolute Gasteiger partial charge is 0.134 e. The molecule has 2 heterocycles. The number of nitrogens with one attached hydrogen (secondary N) is 1. The van der Waals surface area contributed by atoms with Gasteiger partial charge in [-0.2, -0.15) is 0 Å². The molecule has 1 fully saturated rings. The van der Waals surface area contributed by atoms with Crippen LogP contribution in [-0.2, 0) is 11.3 Å². The van der Waals surface area contributed by atoms with Crippen LogP contribution in [0.3, 0.4) is 0 Å². The number of benzene rings is 1. The van der Waals surface area contributed by atoms with Crippen molar-refractivity contribution < 1.29 is 13.5 Å². The molecule has 1 aromatic heterocycles. The number of furan rings is 1. The molecule has 2 atom stereocenters. The van der Waals surface area contributed by atoms with E-state index in [2.05, 4.69) is 12.2 Å². The van der Waals surface area contributed by atoms with Crippen LogP contribution < -0.4 is 5.32 Å². The van der Waals surface area contributed by atoms with Gasteiger partial charge in [0.25, 0.3) is 0 Å². The highest BCUT2D eigenvalue weighted by Gasteiger charge is 2.23. The van der Waals surface area contributed by atoms with Gasteiger partial charge in [-0.1, -0.05) is 0 Å². The van der Waals surface area contributed by atoms with Crippen molar-refractivity contribution in [2.75, 3.05) is 6.61 Å². The van der Waals surface area contributed by atoms with Gasteiger partial charge in [0.2, 0.25) is 0 Å². The van der Waals surface area contributed by atoms with Crippen molar-refractivity contribution in [3.05, 3.63) is 48.0 Å². The molecule has 0 amide bonds. The van der Waals surface area contributed by atoms with Crippen LogP contribution in [0.1, 0.15) is 19.1 Å². The van der Waals surface area contributed by atoms with Crippen LogP contribution in [0, 0.1) is 5.82 Å². The first kappa shape index (κ1) is 13.3. The molecule has 0 spiro atoms. The summed E-state index contributed by atoms with van der Waals surface area (Å²) in [4.78, 5) is 0. The largest absolute Gasteiger partial charge is 0.460 e. The molecular formula is C16H18FNO2. The Hall–Kier alpha value is -1.65. The average Bonchev–Trinajstić information content (AvgIpc) is 3.06. The zero-order valence-corrected chi connectivity index (χ0v) is 11.4. The molecular weight excluding hydrogens is 257 g/mol. The van der Waals surface area contributed by atoms with Gasteiger partial charge in [-0.25, -0.2) is 4.39 Å². The highest BCUT2D eigenvalue weighted by atomic mass is 19.1. The van der Waals surface area contributed by atoms with Crippen molar-refractivity contribution in [3.8, 4) is 11.3 Å². The SMILES string of the molecule is CC1OCCC1NCc1ccc(-c2ccc(F)cc2)o1. The van der Waals surface area contributed by atoms with E-state index in [0.717, 1.165) is 30.1 Å². The third-order valence-corrected chi connectivity index (χ3v) is 3.71. The van der Waals surface area contributed by atoms with Gasteiger partial charge < -0.3 is 14.5 Å². The van der Waals surface area contributed by atoms with Crippen LogP contribution in [-0.4, -0.2) is 18.8 Å². The molecule has 106 valence electrons. The van der Waals surface area contributed by atoms with Gasteiger partial charge >= 0.3 is 0 Å². The second-order valence-electron chi connectivity index (χ2n) is 5.12. The summed E-state index contributed by atoms with van der Waals surface area (Å²) in [5.41, 5.74) is 0.884. The third kappa shape index (κ3) is 2.92. The number of rotatable bonds is 4. The van der Waals surface area contributed by atoms with Gasteiger partial charge in [0.15, 0.2) is 0 Å². The summed E-state index contributed by atoms with van der Waals surface area (Å²) in [5.74, 6) is 1.40. The van der Waals surface area contributed by atoms with E-state index in [-0.39, 0.29) is 11.9 Å². The first-order chi connectivity index (χ1) is 9.72. The summed E-state index contributed by atoms with van der Waals surface area (Å²) >= 11 is 0. The van der Waals surface area contributed by atoms with Crippen molar-refractivity contribution in [1.29, 1.82) is 0 Å². The first-order valence-electron chi connectivity index (χ1n) is 6.92. The van der Waals surface area contributed by atoms with Gasteiger partial charge in [-0.15, -0.1) is 0 Å². The minimum absolute atomic E-state index is 0.239. The maximum absolute atomic E-state index is 12.9. The number of ether oxygens (including phenoxy) is 1. The van der Waals surface area contributed by atoms with Crippen LogP contribution >= 0.6 is 0 Å². The van der Waals surface area contributed by atoms with Crippen molar-refractivity contribution in [2.45, 2.75) is 32.0 Å². The lowest BCUT2D eigenvalue weighted by atomic mass is 10.1. The Labute approximate surface area is 117 Å². The zero-order chi connectivity index (χ0) is 13.9. The summed E-state index contributed by atoms with van der Waals surface area (Å²) in [7, 11) is 0. The van der Waals surface area contributed by atoms with Crippen LogP contribution in [0.2, 0.25) is 0 Å². The molecule has 20 heavy (non-hydrogen) atoms. The first-order valence-corrected chi connectivity index (χ1v) is 6.92. The van der Waals surface area contributed by atoms with Crippen molar-refractivity contribution in [1.82, 2.24) is 5.32 Å². The Morgan fingerprint density at radius 2 is 2.00 bits per heavy atom. The number of hydrogen-bond acceptors (Lipinski definition) is 3. The summed E-state index contributed by atoms with van der Waals surface area (Å²) in [6, 6.07) is 10.6. The highest BCUT2D eigenvalue weighted by Crippen LogP contribution is 2.22. The lowest BCUT2D eigenvalue weighted by Crippen LogP contribution is -2.33. The predicted molar refractivity (Wildman–Crippen MR) is 74.8 cm³/mol. The Balaban J connectivity index is 1.63. The molecule has 1 saturated heterocycles. The van der Waals surface area contributed by atoms with Crippen molar-refractivity contribution in [2.24, 2.45) is 0 Å². The zero-order valence-electron chi connectivity index (χ0n) is 11.4. The van der Waals surface area contributed by atoms with E-state index in [9.17, 15) is 4.39 Å². The molecule has 0 saturated carbocycles. The molecule has 2 aromatic rings. The summed E-state index contributed by atoms with van der Waals surface area (Å²) in [6.07, 6.45) is 1.29. The van der Waals surface area contributed by atoms with E-state index < -0.39 is 0 Å². The van der Waals surface area contributed by atoms with Crippen LogP contribution in [0.25, 0.3) is 11.3 Å². The van der Waals surface area contributed by atoms with Gasteiger partial charge in [0.1, 0.15) is 17.3 Å². The maximum atomic E-state index is 12.9. The molecule has 1 aromatic carbocycles. The predicted octanol–water partition coefficient (Wildman–Crippen LogP) is 3.35. The molecule has 0 radical (unpaired) electrons. The van der Waals surface area contributed by atoms with Gasteiger partial charge in [-0.3, -0.25) is 0 Å². The Morgan fingerprint density at radius 3 is 2.70 bits per heavy atom.